The number of amides is 1. The van der Waals surface area contributed by atoms with Gasteiger partial charge in [0.15, 0.2) is 0 Å². The third kappa shape index (κ3) is 3.31. The number of nitrogens with one attached hydrogen (secondary N) is 1. The molecule has 0 radical (unpaired) electrons. The summed E-state index contributed by atoms with van der Waals surface area (Å²) in [4.78, 5) is 16.8. The Morgan fingerprint density at radius 2 is 2.00 bits per heavy atom. The van der Waals surface area contributed by atoms with Crippen LogP contribution in [-0.4, -0.2) is 50.6 Å². The van der Waals surface area contributed by atoms with Gasteiger partial charge >= 0.3 is 0 Å². The van der Waals surface area contributed by atoms with Crippen molar-refractivity contribution in [2.45, 2.75) is 25.8 Å². The molecule has 1 aromatic rings. The lowest BCUT2D eigenvalue weighted by molar-refractivity contribution is 0.0692. The van der Waals surface area contributed by atoms with Crippen LogP contribution < -0.4 is 10.2 Å². The van der Waals surface area contributed by atoms with Crippen LogP contribution in [0.2, 0.25) is 0 Å². The molecule has 110 valence electrons. The summed E-state index contributed by atoms with van der Waals surface area (Å²) in [5.41, 5.74) is 1.90. The molecule has 0 saturated carbocycles. The first-order valence-corrected chi connectivity index (χ1v) is 7.42. The van der Waals surface area contributed by atoms with E-state index in [-0.39, 0.29) is 5.91 Å². The lowest BCUT2D eigenvalue weighted by atomic mass is 10.1. The van der Waals surface area contributed by atoms with Crippen LogP contribution >= 0.6 is 0 Å². The van der Waals surface area contributed by atoms with E-state index in [0.717, 1.165) is 43.7 Å². The molecule has 1 fully saturated rings. The van der Waals surface area contributed by atoms with E-state index < -0.39 is 0 Å². The molecule has 1 N–H and O–H groups in total. The second-order valence-electron chi connectivity index (χ2n) is 5.59. The number of hydrogen-bond acceptors (Lipinski definition) is 3. The largest absolute Gasteiger partial charge is 0.378 e. The first-order chi connectivity index (χ1) is 9.63. The Hall–Kier alpha value is -1.55. The zero-order valence-corrected chi connectivity index (χ0v) is 12.7. The minimum Gasteiger partial charge on any atom is -0.378 e. The molecule has 1 aromatic carbocycles. The van der Waals surface area contributed by atoms with Gasteiger partial charge in [-0.05, 0) is 43.7 Å². The first kappa shape index (κ1) is 14.9. The Morgan fingerprint density at radius 3 is 2.50 bits per heavy atom. The molecule has 4 heteroatoms. The molecular formula is C16H25N3O. The molecular weight excluding hydrogens is 250 g/mol. The van der Waals surface area contributed by atoms with Gasteiger partial charge < -0.3 is 15.1 Å². The van der Waals surface area contributed by atoms with Crippen molar-refractivity contribution in [1.29, 1.82) is 0 Å². The SMILES string of the molecule is CCCN(C(=O)c1ccc(N(C)C)cc1)C1CCNC1. The van der Waals surface area contributed by atoms with Crippen LogP contribution in [0, 0.1) is 0 Å². The van der Waals surface area contributed by atoms with E-state index in [4.69, 9.17) is 0 Å². The molecule has 0 aromatic heterocycles. The highest BCUT2D eigenvalue weighted by Gasteiger charge is 2.26. The number of carbonyl (C=O) groups excluding carboxylic acids is 1. The predicted octanol–water partition coefficient (Wildman–Crippen LogP) is 1.97. The fraction of sp³-hybridized carbons (Fsp3) is 0.562. The smallest absolute Gasteiger partial charge is 0.254 e. The topological polar surface area (TPSA) is 35.6 Å². The van der Waals surface area contributed by atoms with Crippen molar-refractivity contribution >= 4 is 11.6 Å². The van der Waals surface area contributed by atoms with Crippen LogP contribution in [0.15, 0.2) is 24.3 Å². The highest BCUT2D eigenvalue weighted by atomic mass is 16.2. The fourth-order valence-electron chi connectivity index (χ4n) is 2.66. The average molecular weight is 275 g/mol. The fourth-order valence-corrected chi connectivity index (χ4v) is 2.66. The van der Waals surface area contributed by atoms with Crippen molar-refractivity contribution < 1.29 is 4.79 Å². The van der Waals surface area contributed by atoms with Crippen LogP contribution in [0.3, 0.4) is 0 Å². The summed E-state index contributed by atoms with van der Waals surface area (Å²) in [6.45, 7) is 4.89. The highest BCUT2D eigenvalue weighted by molar-refractivity contribution is 5.94. The van der Waals surface area contributed by atoms with Gasteiger partial charge in [-0.15, -0.1) is 0 Å². The molecule has 1 saturated heterocycles. The van der Waals surface area contributed by atoms with E-state index in [0.29, 0.717) is 6.04 Å². The van der Waals surface area contributed by atoms with Gasteiger partial charge in [0.2, 0.25) is 0 Å². The van der Waals surface area contributed by atoms with E-state index in [1.54, 1.807) is 0 Å². The Kier molecular flexibility index (Phi) is 5.01. The van der Waals surface area contributed by atoms with Crippen molar-refractivity contribution in [3.05, 3.63) is 29.8 Å². The molecule has 1 amide bonds. The van der Waals surface area contributed by atoms with Gasteiger partial charge in [0.05, 0.1) is 0 Å². The summed E-state index contributed by atoms with van der Waals surface area (Å²) in [5, 5.41) is 3.34. The Morgan fingerprint density at radius 1 is 1.30 bits per heavy atom. The van der Waals surface area contributed by atoms with E-state index in [1.807, 2.05) is 48.2 Å². The second-order valence-corrected chi connectivity index (χ2v) is 5.59. The minimum atomic E-state index is 0.158. The van der Waals surface area contributed by atoms with Crippen molar-refractivity contribution in [3.63, 3.8) is 0 Å². The zero-order valence-electron chi connectivity index (χ0n) is 12.7. The summed E-state index contributed by atoms with van der Waals surface area (Å²) in [6.07, 6.45) is 2.06. The summed E-state index contributed by atoms with van der Waals surface area (Å²) >= 11 is 0. The molecule has 20 heavy (non-hydrogen) atoms. The predicted molar refractivity (Wildman–Crippen MR) is 83.4 cm³/mol. The third-order valence-electron chi connectivity index (χ3n) is 3.83. The van der Waals surface area contributed by atoms with Crippen LogP contribution in [0.25, 0.3) is 0 Å². The standard InChI is InChI=1S/C16H25N3O/c1-4-11-19(15-9-10-17-12-15)16(20)13-5-7-14(8-6-13)18(2)3/h5-8,15,17H,4,9-12H2,1-3H3. The molecule has 4 nitrogen and oxygen atoms in total. The molecule has 0 spiro atoms. The Labute approximate surface area is 121 Å². The molecule has 0 aliphatic carbocycles. The molecule has 1 aliphatic rings. The number of nitrogens with zero attached hydrogens (tertiary/aromatic N) is 2. The zero-order chi connectivity index (χ0) is 14.5. The van der Waals surface area contributed by atoms with E-state index >= 15 is 0 Å². The van der Waals surface area contributed by atoms with Crippen molar-refractivity contribution in [1.82, 2.24) is 10.2 Å². The van der Waals surface area contributed by atoms with Gasteiger partial charge in [-0.25, -0.2) is 0 Å². The van der Waals surface area contributed by atoms with Crippen LogP contribution in [0.5, 0.6) is 0 Å². The van der Waals surface area contributed by atoms with Crippen LogP contribution in [0.1, 0.15) is 30.1 Å². The summed E-state index contributed by atoms with van der Waals surface area (Å²) in [7, 11) is 4.01. The van der Waals surface area contributed by atoms with Crippen molar-refractivity contribution in [2.24, 2.45) is 0 Å². The maximum absolute atomic E-state index is 12.7. The number of anilines is 1. The van der Waals surface area contributed by atoms with E-state index in [9.17, 15) is 4.79 Å². The lowest BCUT2D eigenvalue weighted by Crippen LogP contribution is -2.42. The van der Waals surface area contributed by atoms with Crippen molar-refractivity contribution in [3.8, 4) is 0 Å². The van der Waals surface area contributed by atoms with Gasteiger partial charge in [-0.3, -0.25) is 4.79 Å². The average Bonchev–Trinajstić information content (AvgIpc) is 2.98. The first-order valence-electron chi connectivity index (χ1n) is 7.42. The maximum Gasteiger partial charge on any atom is 0.254 e. The minimum absolute atomic E-state index is 0.158. The Bertz CT molecular complexity index is 436. The molecule has 0 bridgehead atoms. The number of benzene rings is 1. The number of hydrogen-bond donors (Lipinski definition) is 1. The van der Waals surface area contributed by atoms with Gasteiger partial charge in [0.25, 0.3) is 5.91 Å². The number of carbonyl (C=O) groups is 1. The molecule has 1 heterocycles. The quantitative estimate of drug-likeness (QED) is 0.892. The van der Waals surface area contributed by atoms with E-state index in [2.05, 4.69) is 12.2 Å². The lowest BCUT2D eigenvalue weighted by Gasteiger charge is -2.28. The van der Waals surface area contributed by atoms with E-state index in [1.165, 1.54) is 0 Å². The highest BCUT2D eigenvalue weighted by Crippen LogP contribution is 2.17. The second kappa shape index (κ2) is 6.75. The van der Waals surface area contributed by atoms with Crippen molar-refractivity contribution in [2.75, 3.05) is 38.6 Å². The third-order valence-corrected chi connectivity index (χ3v) is 3.83. The molecule has 2 rings (SSSR count). The van der Waals surface area contributed by atoms with Crippen LogP contribution in [-0.2, 0) is 0 Å². The maximum atomic E-state index is 12.7. The van der Waals surface area contributed by atoms with Crippen LogP contribution in [0.4, 0.5) is 5.69 Å². The summed E-state index contributed by atoms with van der Waals surface area (Å²) < 4.78 is 0. The van der Waals surface area contributed by atoms with Gasteiger partial charge in [0.1, 0.15) is 0 Å². The molecule has 1 atom stereocenters. The summed E-state index contributed by atoms with van der Waals surface area (Å²) in [6, 6.07) is 8.22. The molecule has 1 unspecified atom stereocenters. The summed E-state index contributed by atoms with van der Waals surface area (Å²) in [5.74, 6) is 0.158. The van der Waals surface area contributed by atoms with Gasteiger partial charge in [-0.2, -0.15) is 0 Å². The normalized spacial score (nSPS) is 18.1. The van der Waals surface area contributed by atoms with Gasteiger partial charge in [-0.1, -0.05) is 6.92 Å². The Balaban J connectivity index is 2.13. The molecule has 1 aliphatic heterocycles. The number of rotatable bonds is 5. The monoisotopic (exact) mass is 275 g/mol. The van der Waals surface area contributed by atoms with Gasteiger partial charge in [0, 0.05) is 44.5 Å².